The molecule has 2 rings (SSSR count). The Morgan fingerprint density at radius 2 is 2.22 bits per heavy atom. The lowest BCUT2D eigenvalue weighted by atomic mass is 10.2. The third kappa shape index (κ3) is 3.65. The Hall–Kier alpha value is -2.90. The molecule has 0 radical (unpaired) electrons. The second kappa shape index (κ2) is 6.91. The lowest BCUT2D eigenvalue weighted by Gasteiger charge is -2.14. The normalized spacial score (nSPS) is 11.8. The number of ether oxygens (including phenoxy) is 1. The van der Waals surface area contributed by atoms with Crippen molar-refractivity contribution in [3.05, 3.63) is 46.1 Å². The van der Waals surface area contributed by atoms with E-state index >= 15 is 0 Å². The van der Waals surface area contributed by atoms with E-state index in [2.05, 4.69) is 10.4 Å². The highest BCUT2D eigenvalue weighted by Crippen LogP contribution is 2.22. The van der Waals surface area contributed by atoms with E-state index in [0.29, 0.717) is 23.6 Å². The molecule has 0 aliphatic carbocycles. The summed E-state index contributed by atoms with van der Waals surface area (Å²) in [7, 11) is 1.54. The molecule has 1 N–H and O–H groups in total. The zero-order valence-corrected chi connectivity index (χ0v) is 13.1. The van der Waals surface area contributed by atoms with Crippen LogP contribution in [0.4, 0.5) is 11.5 Å². The van der Waals surface area contributed by atoms with Gasteiger partial charge in [0.2, 0.25) is 0 Å². The summed E-state index contributed by atoms with van der Waals surface area (Å²) < 4.78 is 6.50. The summed E-state index contributed by atoms with van der Waals surface area (Å²) in [5, 5.41) is 17.5. The number of nitrogens with zero attached hydrogens (tertiary/aromatic N) is 3. The van der Waals surface area contributed by atoms with Gasteiger partial charge < -0.3 is 20.2 Å². The molecule has 0 aliphatic heterocycles. The number of methoxy groups -OCH3 is 1. The SMILES string of the molecule is CCC(C(=O)Nc1cccc(OC)c1)n1nc([N+](=O)[O-])cc1C. The molecule has 0 aliphatic rings. The summed E-state index contributed by atoms with van der Waals surface area (Å²) >= 11 is 0. The van der Waals surface area contributed by atoms with Crippen molar-refractivity contribution in [1.29, 1.82) is 0 Å². The first-order valence-electron chi connectivity index (χ1n) is 7.11. The van der Waals surface area contributed by atoms with Gasteiger partial charge in [0.15, 0.2) is 6.04 Å². The molecule has 23 heavy (non-hydrogen) atoms. The first-order chi connectivity index (χ1) is 11.0. The van der Waals surface area contributed by atoms with E-state index < -0.39 is 11.0 Å². The molecule has 0 spiro atoms. The summed E-state index contributed by atoms with van der Waals surface area (Å²) in [4.78, 5) is 22.7. The van der Waals surface area contributed by atoms with Gasteiger partial charge in [0.25, 0.3) is 5.91 Å². The fraction of sp³-hybridized carbons (Fsp3) is 0.333. The highest BCUT2D eigenvalue weighted by atomic mass is 16.6. The van der Waals surface area contributed by atoms with Crippen molar-refractivity contribution in [1.82, 2.24) is 9.78 Å². The number of anilines is 1. The van der Waals surface area contributed by atoms with E-state index in [-0.39, 0.29) is 11.7 Å². The van der Waals surface area contributed by atoms with Gasteiger partial charge in [0, 0.05) is 11.8 Å². The van der Waals surface area contributed by atoms with Crippen molar-refractivity contribution < 1.29 is 14.5 Å². The van der Waals surface area contributed by atoms with Gasteiger partial charge in [-0.25, -0.2) is 0 Å². The van der Waals surface area contributed by atoms with Gasteiger partial charge in [-0.15, -0.1) is 0 Å². The van der Waals surface area contributed by atoms with Crippen LogP contribution in [-0.2, 0) is 4.79 Å². The average Bonchev–Trinajstić information content (AvgIpc) is 2.90. The van der Waals surface area contributed by atoms with E-state index in [1.165, 1.54) is 10.7 Å². The summed E-state index contributed by atoms with van der Waals surface area (Å²) in [6.07, 6.45) is 0.454. The molecule has 1 atom stereocenters. The van der Waals surface area contributed by atoms with Crippen molar-refractivity contribution in [2.24, 2.45) is 0 Å². The molecular weight excluding hydrogens is 300 g/mol. The smallest absolute Gasteiger partial charge is 0.390 e. The second-order valence-electron chi connectivity index (χ2n) is 4.99. The minimum absolute atomic E-state index is 0.268. The third-order valence-corrected chi connectivity index (χ3v) is 3.42. The van der Waals surface area contributed by atoms with Gasteiger partial charge in [-0.3, -0.25) is 4.79 Å². The van der Waals surface area contributed by atoms with Crippen molar-refractivity contribution in [3.8, 4) is 5.75 Å². The number of nitrogens with one attached hydrogen (secondary N) is 1. The minimum Gasteiger partial charge on any atom is -0.497 e. The lowest BCUT2D eigenvalue weighted by molar-refractivity contribution is -0.389. The summed E-state index contributed by atoms with van der Waals surface area (Å²) in [6, 6.07) is 7.69. The maximum Gasteiger partial charge on any atom is 0.390 e. The fourth-order valence-corrected chi connectivity index (χ4v) is 2.27. The van der Waals surface area contributed by atoms with Crippen molar-refractivity contribution in [2.45, 2.75) is 26.3 Å². The summed E-state index contributed by atoms with van der Waals surface area (Å²) in [6.45, 7) is 3.50. The van der Waals surface area contributed by atoms with E-state index in [0.717, 1.165) is 0 Å². The Bertz CT molecular complexity index is 726. The van der Waals surface area contributed by atoms with E-state index in [1.807, 2.05) is 6.92 Å². The number of hydrogen-bond acceptors (Lipinski definition) is 5. The lowest BCUT2D eigenvalue weighted by Crippen LogP contribution is -2.27. The summed E-state index contributed by atoms with van der Waals surface area (Å²) in [5.41, 5.74) is 1.15. The van der Waals surface area contributed by atoms with Crippen molar-refractivity contribution >= 4 is 17.4 Å². The Morgan fingerprint density at radius 3 is 2.78 bits per heavy atom. The van der Waals surface area contributed by atoms with Gasteiger partial charge in [-0.1, -0.05) is 13.0 Å². The number of amides is 1. The molecule has 2 aromatic rings. The number of rotatable bonds is 6. The van der Waals surface area contributed by atoms with E-state index in [4.69, 9.17) is 4.74 Å². The molecular formula is C15H18N4O4. The van der Waals surface area contributed by atoms with Crippen LogP contribution >= 0.6 is 0 Å². The molecule has 8 heteroatoms. The zero-order chi connectivity index (χ0) is 17.0. The maximum absolute atomic E-state index is 12.5. The zero-order valence-electron chi connectivity index (χ0n) is 13.1. The number of benzene rings is 1. The summed E-state index contributed by atoms with van der Waals surface area (Å²) in [5.74, 6) is 0.0683. The van der Waals surface area contributed by atoms with Crippen LogP contribution in [0.5, 0.6) is 5.75 Å². The van der Waals surface area contributed by atoms with Crippen LogP contribution in [0.3, 0.4) is 0 Å². The molecule has 122 valence electrons. The monoisotopic (exact) mass is 318 g/mol. The standard InChI is InChI=1S/C15H18N4O4/c1-4-13(18-10(2)8-14(17-18)19(21)22)15(20)16-11-6-5-7-12(9-11)23-3/h5-9,13H,4H2,1-3H3,(H,16,20). The third-order valence-electron chi connectivity index (χ3n) is 3.42. The number of hydrogen-bond donors (Lipinski definition) is 1. The Morgan fingerprint density at radius 1 is 1.48 bits per heavy atom. The first kappa shape index (κ1) is 16.5. The van der Waals surface area contributed by atoms with Crippen LogP contribution in [0, 0.1) is 17.0 Å². The molecule has 0 bridgehead atoms. The number of carbonyl (C=O) groups is 1. The second-order valence-corrected chi connectivity index (χ2v) is 4.99. The van der Waals surface area contributed by atoms with Crippen LogP contribution in [0.25, 0.3) is 0 Å². The van der Waals surface area contributed by atoms with E-state index in [1.54, 1.807) is 38.3 Å². The Kier molecular flexibility index (Phi) is 4.95. The van der Waals surface area contributed by atoms with Crippen molar-refractivity contribution in [3.63, 3.8) is 0 Å². The largest absolute Gasteiger partial charge is 0.497 e. The van der Waals surface area contributed by atoms with Gasteiger partial charge in [0.05, 0.1) is 24.0 Å². The van der Waals surface area contributed by atoms with Crippen LogP contribution in [0.2, 0.25) is 0 Å². The number of aryl methyl sites for hydroxylation is 1. The Balaban J connectivity index is 2.23. The quantitative estimate of drug-likeness (QED) is 0.652. The number of aromatic nitrogens is 2. The Labute approximate surface area is 133 Å². The maximum atomic E-state index is 12.5. The van der Waals surface area contributed by atoms with Crippen LogP contribution in [0.1, 0.15) is 25.1 Å². The average molecular weight is 318 g/mol. The molecule has 0 saturated carbocycles. The van der Waals surface area contributed by atoms with Gasteiger partial charge in [0.1, 0.15) is 5.75 Å². The molecule has 1 aromatic carbocycles. The molecule has 1 heterocycles. The first-order valence-corrected chi connectivity index (χ1v) is 7.11. The van der Waals surface area contributed by atoms with Crippen LogP contribution < -0.4 is 10.1 Å². The van der Waals surface area contributed by atoms with Gasteiger partial charge in [-0.05, 0) is 30.4 Å². The predicted octanol–water partition coefficient (Wildman–Crippen LogP) is 2.70. The molecule has 1 unspecified atom stereocenters. The number of carbonyl (C=O) groups excluding carboxylic acids is 1. The molecule has 0 fully saturated rings. The van der Waals surface area contributed by atoms with Crippen molar-refractivity contribution in [2.75, 3.05) is 12.4 Å². The molecule has 1 aromatic heterocycles. The topological polar surface area (TPSA) is 99.3 Å². The molecule has 1 amide bonds. The van der Waals surface area contributed by atoms with Crippen LogP contribution in [-0.4, -0.2) is 27.7 Å². The number of nitro groups is 1. The van der Waals surface area contributed by atoms with Gasteiger partial charge >= 0.3 is 5.82 Å². The highest BCUT2D eigenvalue weighted by molar-refractivity contribution is 5.93. The van der Waals surface area contributed by atoms with Crippen LogP contribution in [0.15, 0.2) is 30.3 Å². The highest BCUT2D eigenvalue weighted by Gasteiger charge is 2.27. The minimum atomic E-state index is -0.630. The fourth-order valence-electron chi connectivity index (χ4n) is 2.27. The molecule has 0 saturated heterocycles. The predicted molar refractivity (Wildman–Crippen MR) is 84.6 cm³/mol. The van der Waals surface area contributed by atoms with Gasteiger partial charge in [-0.2, -0.15) is 4.68 Å². The molecule has 8 nitrogen and oxygen atoms in total. The van der Waals surface area contributed by atoms with E-state index in [9.17, 15) is 14.9 Å².